The molecule has 2 aromatic rings. The monoisotopic (exact) mass is 254 g/mol. The summed E-state index contributed by atoms with van der Waals surface area (Å²) in [4.78, 5) is 4.32. The van der Waals surface area contributed by atoms with Crippen LogP contribution < -0.4 is 5.73 Å². The zero-order valence-corrected chi connectivity index (χ0v) is 11.3. The molecule has 0 fully saturated rings. The molecule has 100 valence electrons. The van der Waals surface area contributed by atoms with Gasteiger partial charge in [-0.1, -0.05) is 36.4 Å². The van der Waals surface area contributed by atoms with E-state index in [4.69, 9.17) is 5.73 Å². The first-order chi connectivity index (χ1) is 9.34. The quantitative estimate of drug-likeness (QED) is 0.822. The van der Waals surface area contributed by atoms with Crippen molar-refractivity contribution in [2.75, 3.05) is 0 Å². The van der Waals surface area contributed by atoms with Gasteiger partial charge in [-0.15, -0.1) is 0 Å². The van der Waals surface area contributed by atoms with Gasteiger partial charge < -0.3 is 5.73 Å². The number of nitrogens with zero attached hydrogens (tertiary/aromatic N) is 1. The van der Waals surface area contributed by atoms with E-state index in [9.17, 15) is 0 Å². The summed E-state index contributed by atoms with van der Waals surface area (Å²) in [5, 5.41) is 0. The molecule has 2 heteroatoms. The van der Waals surface area contributed by atoms with Crippen molar-refractivity contribution in [1.29, 1.82) is 0 Å². The minimum Gasteiger partial charge on any atom is -0.328 e. The van der Waals surface area contributed by atoms with Crippen molar-refractivity contribution in [3.8, 4) is 0 Å². The fourth-order valence-corrected chi connectivity index (χ4v) is 2.24. The first kappa shape index (κ1) is 13.8. The molecule has 2 N–H and O–H groups in total. The van der Waals surface area contributed by atoms with Crippen LogP contribution >= 0.6 is 0 Å². The van der Waals surface area contributed by atoms with Crippen molar-refractivity contribution in [2.45, 2.75) is 38.1 Å². The summed E-state index contributed by atoms with van der Waals surface area (Å²) >= 11 is 0. The lowest BCUT2D eigenvalue weighted by Crippen LogP contribution is -2.20. The third-order valence-electron chi connectivity index (χ3n) is 3.38. The number of aryl methyl sites for hydroxylation is 2. The van der Waals surface area contributed by atoms with Crippen LogP contribution in [0.5, 0.6) is 0 Å². The van der Waals surface area contributed by atoms with Crippen LogP contribution in [0.1, 0.15) is 30.5 Å². The zero-order chi connectivity index (χ0) is 13.3. The Bertz CT molecular complexity index is 453. The lowest BCUT2D eigenvalue weighted by molar-refractivity contribution is 0.543. The molecular weight excluding hydrogens is 232 g/mol. The number of pyridine rings is 1. The SMILES string of the molecule is NC(CCCc1ccccc1)CCc1ccccn1. The molecule has 2 rings (SSSR count). The highest BCUT2D eigenvalue weighted by Crippen LogP contribution is 2.09. The van der Waals surface area contributed by atoms with Crippen molar-refractivity contribution in [3.63, 3.8) is 0 Å². The Balaban J connectivity index is 1.64. The van der Waals surface area contributed by atoms with E-state index in [1.54, 1.807) is 0 Å². The van der Waals surface area contributed by atoms with Gasteiger partial charge in [0.05, 0.1) is 0 Å². The van der Waals surface area contributed by atoms with Gasteiger partial charge in [-0.05, 0) is 49.8 Å². The van der Waals surface area contributed by atoms with E-state index < -0.39 is 0 Å². The van der Waals surface area contributed by atoms with E-state index in [1.165, 1.54) is 5.56 Å². The number of benzene rings is 1. The average Bonchev–Trinajstić information content (AvgIpc) is 2.47. The molecule has 1 heterocycles. The Morgan fingerprint density at radius 1 is 0.895 bits per heavy atom. The van der Waals surface area contributed by atoms with Gasteiger partial charge in [0.25, 0.3) is 0 Å². The summed E-state index contributed by atoms with van der Waals surface area (Å²) in [5.41, 5.74) is 8.70. The maximum atomic E-state index is 6.16. The molecule has 0 bridgehead atoms. The molecule has 0 spiro atoms. The van der Waals surface area contributed by atoms with Crippen LogP contribution in [0.25, 0.3) is 0 Å². The van der Waals surface area contributed by atoms with Crippen molar-refractivity contribution in [1.82, 2.24) is 4.98 Å². The van der Waals surface area contributed by atoms with Gasteiger partial charge >= 0.3 is 0 Å². The molecule has 1 aromatic carbocycles. The molecule has 1 aromatic heterocycles. The second-order valence-corrected chi connectivity index (χ2v) is 5.00. The van der Waals surface area contributed by atoms with Crippen molar-refractivity contribution < 1.29 is 0 Å². The third-order valence-corrected chi connectivity index (χ3v) is 3.38. The minimum atomic E-state index is 0.283. The van der Waals surface area contributed by atoms with Gasteiger partial charge in [-0.2, -0.15) is 0 Å². The Hall–Kier alpha value is -1.67. The first-order valence-electron chi connectivity index (χ1n) is 7.04. The molecule has 0 amide bonds. The second kappa shape index (κ2) is 7.70. The van der Waals surface area contributed by atoms with E-state index in [2.05, 4.69) is 41.4 Å². The lowest BCUT2D eigenvalue weighted by atomic mass is 10.0. The fraction of sp³-hybridized carbons (Fsp3) is 0.353. The highest BCUT2D eigenvalue weighted by Gasteiger charge is 2.04. The van der Waals surface area contributed by atoms with Crippen molar-refractivity contribution in [2.24, 2.45) is 5.73 Å². The van der Waals surface area contributed by atoms with E-state index >= 15 is 0 Å². The number of nitrogens with two attached hydrogens (primary N) is 1. The number of aromatic nitrogens is 1. The summed E-state index contributed by atoms with van der Waals surface area (Å²) in [6.45, 7) is 0. The number of rotatable bonds is 7. The third kappa shape index (κ3) is 5.23. The Morgan fingerprint density at radius 3 is 2.42 bits per heavy atom. The summed E-state index contributed by atoms with van der Waals surface area (Å²) in [5.74, 6) is 0. The largest absolute Gasteiger partial charge is 0.328 e. The predicted octanol–water partition coefficient (Wildman–Crippen LogP) is 3.36. The van der Waals surface area contributed by atoms with Crippen LogP contribution in [0.2, 0.25) is 0 Å². The fourth-order valence-electron chi connectivity index (χ4n) is 2.24. The average molecular weight is 254 g/mol. The second-order valence-electron chi connectivity index (χ2n) is 5.00. The Morgan fingerprint density at radius 2 is 1.68 bits per heavy atom. The molecule has 0 saturated heterocycles. The van der Waals surface area contributed by atoms with Crippen LogP contribution in [0.4, 0.5) is 0 Å². The molecular formula is C17H22N2. The van der Waals surface area contributed by atoms with Crippen LogP contribution in [0.15, 0.2) is 54.7 Å². The highest BCUT2D eigenvalue weighted by atomic mass is 14.7. The molecule has 0 aliphatic heterocycles. The molecule has 0 aliphatic carbocycles. The maximum absolute atomic E-state index is 6.16. The molecule has 1 unspecified atom stereocenters. The molecule has 19 heavy (non-hydrogen) atoms. The minimum absolute atomic E-state index is 0.283. The summed E-state index contributed by atoms with van der Waals surface area (Å²) in [6, 6.07) is 16.9. The van der Waals surface area contributed by atoms with Gasteiger partial charge in [-0.3, -0.25) is 4.98 Å². The Labute approximate surface area is 115 Å². The van der Waals surface area contributed by atoms with Crippen LogP contribution in [-0.4, -0.2) is 11.0 Å². The van der Waals surface area contributed by atoms with Crippen LogP contribution in [0.3, 0.4) is 0 Å². The molecule has 0 aliphatic rings. The van der Waals surface area contributed by atoms with E-state index in [-0.39, 0.29) is 6.04 Å². The first-order valence-corrected chi connectivity index (χ1v) is 7.04. The zero-order valence-electron chi connectivity index (χ0n) is 11.3. The normalized spacial score (nSPS) is 12.3. The standard InChI is InChI=1S/C17H22N2/c18-16(12-13-17-11-4-5-14-19-17)10-6-9-15-7-2-1-3-8-15/h1-5,7-8,11,14,16H,6,9-10,12-13,18H2. The van der Waals surface area contributed by atoms with Gasteiger partial charge in [0.15, 0.2) is 0 Å². The molecule has 2 nitrogen and oxygen atoms in total. The predicted molar refractivity (Wildman–Crippen MR) is 79.9 cm³/mol. The maximum Gasteiger partial charge on any atom is 0.0404 e. The van der Waals surface area contributed by atoms with Crippen LogP contribution in [0, 0.1) is 0 Å². The van der Waals surface area contributed by atoms with Crippen LogP contribution in [-0.2, 0) is 12.8 Å². The van der Waals surface area contributed by atoms with Crippen molar-refractivity contribution in [3.05, 3.63) is 66.0 Å². The lowest BCUT2D eigenvalue weighted by Gasteiger charge is -2.11. The van der Waals surface area contributed by atoms with E-state index in [0.717, 1.165) is 37.8 Å². The van der Waals surface area contributed by atoms with E-state index in [0.29, 0.717) is 0 Å². The summed E-state index contributed by atoms with van der Waals surface area (Å²) in [6.07, 6.45) is 7.21. The topological polar surface area (TPSA) is 38.9 Å². The summed E-state index contributed by atoms with van der Waals surface area (Å²) < 4.78 is 0. The highest BCUT2D eigenvalue weighted by molar-refractivity contribution is 5.14. The summed E-state index contributed by atoms with van der Waals surface area (Å²) in [7, 11) is 0. The van der Waals surface area contributed by atoms with Gasteiger partial charge in [-0.25, -0.2) is 0 Å². The molecule has 0 saturated carbocycles. The molecule has 0 radical (unpaired) electrons. The number of hydrogen-bond acceptors (Lipinski definition) is 2. The van der Waals surface area contributed by atoms with E-state index in [1.807, 2.05) is 18.3 Å². The molecule has 1 atom stereocenters. The van der Waals surface area contributed by atoms with Gasteiger partial charge in [0, 0.05) is 17.9 Å². The number of hydrogen-bond donors (Lipinski definition) is 1. The van der Waals surface area contributed by atoms with Gasteiger partial charge in [0.1, 0.15) is 0 Å². The van der Waals surface area contributed by atoms with Gasteiger partial charge in [0.2, 0.25) is 0 Å². The smallest absolute Gasteiger partial charge is 0.0404 e. The van der Waals surface area contributed by atoms with Crippen molar-refractivity contribution >= 4 is 0 Å². The Kier molecular flexibility index (Phi) is 5.57.